The van der Waals surface area contributed by atoms with Crippen molar-refractivity contribution in [2.75, 3.05) is 27.9 Å². The standard InChI is InChI=1S/C30H28ClN3O6/c1-38-16-24(35)34-27(18-8-11-21(31)12-9-18)26(29(36)19-6-4-17(15-32)5-7-19)25(28(34)30(33)37)20-10-13-22(39-2)23(14-20)40-3/h4-14,25-28H,16H2,1-3H3,(H2,33,37). The van der Waals surface area contributed by atoms with Crippen molar-refractivity contribution in [3.63, 3.8) is 0 Å². The SMILES string of the molecule is COCC(=O)N1C(C(N)=O)C(c2ccc(OC)c(OC)c2)C(C(=O)c2ccc(C#N)cc2)C1c1ccc(Cl)cc1. The van der Waals surface area contributed by atoms with Crippen LogP contribution in [0.25, 0.3) is 0 Å². The van der Waals surface area contributed by atoms with Crippen LogP contribution in [0.4, 0.5) is 0 Å². The third-order valence-electron chi connectivity index (χ3n) is 7.12. The zero-order valence-corrected chi connectivity index (χ0v) is 22.9. The lowest BCUT2D eigenvalue weighted by Gasteiger charge is -2.30. The number of Topliss-reactive ketones (excluding diaryl/α,β-unsaturated/α-hetero) is 1. The minimum absolute atomic E-state index is 0.317. The Morgan fingerprint density at radius 2 is 1.55 bits per heavy atom. The van der Waals surface area contributed by atoms with Gasteiger partial charge in [-0.1, -0.05) is 41.9 Å². The fraction of sp³-hybridized carbons (Fsp3) is 0.267. The van der Waals surface area contributed by atoms with Crippen LogP contribution < -0.4 is 15.2 Å². The second-order valence-electron chi connectivity index (χ2n) is 9.30. The number of amides is 2. The van der Waals surface area contributed by atoms with Gasteiger partial charge in [-0.3, -0.25) is 14.4 Å². The Morgan fingerprint density at radius 1 is 0.925 bits per heavy atom. The van der Waals surface area contributed by atoms with Gasteiger partial charge in [0.05, 0.1) is 37.8 Å². The van der Waals surface area contributed by atoms with Crippen molar-refractivity contribution in [1.29, 1.82) is 5.26 Å². The molecule has 0 saturated carbocycles. The number of hydrogen-bond donors (Lipinski definition) is 1. The van der Waals surface area contributed by atoms with Gasteiger partial charge in [0.25, 0.3) is 0 Å². The molecule has 0 aromatic heterocycles. The maximum Gasteiger partial charge on any atom is 0.249 e. The van der Waals surface area contributed by atoms with Crippen LogP contribution >= 0.6 is 11.6 Å². The van der Waals surface area contributed by atoms with Gasteiger partial charge in [0.15, 0.2) is 17.3 Å². The van der Waals surface area contributed by atoms with Gasteiger partial charge in [0, 0.05) is 23.6 Å². The number of nitrogens with zero attached hydrogens (tertiary/aromatic N) is 2. The minimum Gasteiger partial charge on any atom is -0.493 e. The normalized spacial score (nSPS) is 20.0. The molecule has 0 radical (unpaired) electrons. The predicted octanol–water partition coefficient (Wildman–Crippen LogP) is 3.90. The Labute approximate surface area is 237 Å². The van der Waals surface area contributed by atoms with Crippen molar-refractivity contribution in [3.8, 4) is 17.6 Å². The molecule has 40 heavy (non-hydrogen) atoms. The van der Waals surface area contributed by atoms with Crippen LogP contribution in [0, 0.1) is 17.2 Å². The number of benzene rings is 3. The van der Waals surface area contributed by atoms with Gasteiger partial charge < -0.3 is 24.8 Å². The van der Waals surface area contributed by atoms with Crippen molar-refractivity contribution in [2.24, 2.45) is 11.7 Å². The highest BCUT2D eigenvalue weighted by Gasteiger charge is 2.57. The summed E-state index contributed by atoms with van der Waals surface area (Å²) < 4.78 is 16.0. The Morgan fingerprint density at radius 3 is 2.10 bits per heavy atom. The monoisotopic (exact) mass is 561 g/mol. The van der Waals surface area contributed by atoms with E-state index in [0.717, 1.165) is 0 Å². The summed E-state index contributed by atoms with van der Waals surface area (Å²) in [6, 6.07) is 18.0. The van der Waals surface area contributed by atoms with Crippen LogP contribution in [-0.4, -0.2) is 56.5 Å². The largest absolute Gasteiger partial charge is 0.493 e. The lowest BCUT2D eigenvalue weighted by molar-refractivity contribution is -0.143. The number of nitrogens with two attached hydrogens (primary N) is 1. The molecule has 3 aromatic carbocycles. The Balaban J connectivity index is 2.00. The summed E-state index contributed by atoms with van der Waals surface area (Å²) in [6.07, 6.45) is 0. The number of primary amides is 1. The summed E-state index contributed by atoms with van der Waals surface area (Å²) in [4.78, 5) is 42.5. The molecule has 206 valence electrons. The molecule has 1 aliphatic heterocycles. The average Bonchev–Trinajstić information content (AvgIpc) is 3.33. The summed E-state index contributed by atoms with van der Waals surface area (Å²) in [5.74, 6) is -2.59. The number of nitriles is 1. The summed E-state index contributed by atoms with van der Waals surface area (Å²) in [5.41, 5.74) is 7.84. The molecule has 0 aliphatic carbocycles. The number of ketones is 1. The topological polar surface area (TPSA) is 132 Å². The second-order valence-corrected chi connectivity index (χ2v) is 9.73. The van der Waals surface area contributed by atoms with Crippen molar-refractivity contribution in [2.45, 2.75) is 18.0 Å². The third-order valence-corrected chi connectivity index (χ3v) is 7.37. The molecule has 0 bridgehead atoms. The highest BCUT2D eigenvalue weighted by Crippen LogP contribution is 2.52. The van der Waals surface area contributed by atoms with Gasteiger partial charge in [-0.05, 0) is 47.5 Å². The Hall–Kier alpha value is -4.39. The van der Waals surface area contributed by atoms with Gasteiger partial charge in [-0.2, -0.15) is 5.26 Å². The van der Waals surface area contributed by atoms with Crippen LogP contribution in [-0.2, 0) is 14.3 Å². The van der Waals surface area contributed by atoms with E-state index in [-0.39, 0.29) is 12.4 Å². The first-order valence-corrected chi connectivity index (χ1v) is 12.7. The van der Waals surface area contributed by atoms with E-state index in [1.165, 1.54) is 26.2 Å². The molecule has 2 N–H and O–H groups in total. The van der Waals surface area contributed by atoms with E-state index >= 15 is 0 Å². The quantitative estimate of drug-likeness (QED) is 0.392. The van der Waals surface area contributed by atoms with E-state index in [0.29, 0.717) is 38.8 Å². The fourth-order valence-electron chi connectivity index (χ4n) is 5.42. The van der Waals surface area contributed by atoms with Crippen LogP contribution in [0.3, 0.4) is 0 Å². The molecule has 4 unspecified atom stereocenters. The number of rotatable bonds is 9. The first-order chi connectivity index (χ1) is 19.2. The van der Waals surface area contributed by atoms with Crippen LogP contribution in [0.1, 0.15) is 39.0 Å². The number of ether oxygens (including phenoxy) is 3. The van der Waals surface area contributed by atoms with E-state index in [1.54, 1.807) is 66.7 Å². The van der Waals surface area contributed by atoms with Crippen molar-refractivity contribution >= 4 is 29.2 Å². The highest BCUT2D eigenvalue weighted by atomic mass is 35.5. The third kappa shape index (κ3) is 5.37. The molecule has 2 amide bonds. The van der Waals surface area contributed by atoms with Gasteiger partial charge >= 0.3 is 0 Å². The number of halogens is 1. The molecule has 1 fully saturated rings. The molecule has 10 heteroatoms. The summed E-state index contributed by atoms with van der Waals surface area (Å²) >= 11 is 6.16. The van der Waals surface area contributed by atoms with Crippen LogP contribution in [0.5, 0.6) is 11.5 Å². The van der Waals surface area contributed by atoms with Crippen molar-refractivity contribution < 1.29 is 28.6 Å². The summed E-state index contributed by atoms with van der Waals surface area (Å²) in [5, 5.41) is 9.71. The molecular weight excluding hydrogens is 534 g/mol. The summed E-state index contributed by atoms with van der Waals surface area (Å²) in [6.45, 7) is -0.329. The zero-order chi connectivity index (χ0) is 29.0. The molecule has 4 atom stereocenters. The van der Waals surface area contributed by atoms with Crippen molar-refractivity contribution in [1.82, 2.24) is 4.90 Å². The second kappa shape index (κ2) is 12.2. The molecular formula is C30H28ClN3O6. The Kier molecular flexibility index (Phi) is 8.73. The first-order valence-electron chi connectivity index (χ1n) is 12.4. The van der Waals surface area contributed by atoms with Gasteiger partial charge in [0.2, 0.25) is 11.8 Å². The molecule has 3 aromatic rings. The predicted molar refractivity (Wildman–Crippen MR) is 147 cm³/mol. The van der Waals surface area contributed by atoms with E-state index < -0.39 is 35.7 Å². The molecule has 1 saturated heterocycles. The summed E-state index contributed by atoms with van der Waals surface area (Å²) in [7, 11) is 4.35. The lowest BCUT2D eigenvalue weighted by atomic mass is 9.76. The van der Waals surface area contributed by atoms with E-state index in [9.17, 15) is 19.6 Å². The minimum atomic E-state index is -1.20. The van der Waals surface area contributed by atoms with Gasteiger partial charge in [-0.15, -0.1) is 0 Å². The van der Waals surface area contributed by atoms with E-state index in [2.05, 4.69) is 0 Å². The van der Waals surface area contributed by atoms with E-state index in [4.69, 9.17) is 31.5 Å². The first kappa shape index (κ1) is 28.6. The van der Waals surface area contributed by atoms with E-state index in [1.807, 2.05) is 6.07 Å². The molecule has 9 nitrogen and oxygen atoms in total. The smallest absolute Gasteiger partial charge is 0.249 e. The molecule has 4 rings (SSSR count). The molecule has 0 spiro atoms. The number of methoxy groups -OCH3 is 3. The highest BCUT2D eigenvalue weighted by molar-refractivity contribution is 6.30. The van der Waals surface area contributed by atoms with Crippen LogP contribution in [0.15, 0.2) is 66.7 Å². The maximum absolute atomic E-state index is 14.4. The van der Waals surface area contributed by atoms with Gasteiger partial charge in [0.1, 0.15) is 12.6 Å². The Bertz CT molecular complexity index is 1450. The molecule has 1 heterocycles. The van der Waals surface area contributed by atoms with Crippen LogP contribution in [0.2, 0.25) is 5.02 Å². The van der Waals surface area contributed by atoms with Crippen molar-refractivity contribution in [3.05, 3.63) is 94.0 Å². The zero-order valence-electron chi connectivity index (χ0n) is 22.2. The molecule has 1 aliphatic rings. The number of likely N-dealkylation sites (tertiary alicyclic amines) is 1. The average molecular weight is 562 g/mol. The fourth-order valence-corrected chi connectivity index (χ4v) is 5.55. The lowest BCUT2D eigenvalue weighted by Crippen LogP contribution is -2.48. The van der Waals surface area contributed by atoms with Gasteiger partial charge in [-0.25, -0.2) is 0 Å². The number of carbonyl (C=O) groups is 3. The number of carbonyl (C=O) groups excluding carboxylic acids is 3. The maximum atomic E-state index is 14.4. The number of hydrogen-bond acceptors (Lipinski definition) is 7.